The van der Waals surface area contributed by atoms with Crippen LogP contribution in [0.5, 0.6) is 5.75 Å². The van der Waals surface area contributed by atoms with Gasteiger partial charge in [-0.15, -0.1) is 0 Å². The van der Waals surface area contributed by atoms with Gasteiger partial charge in [0.05, 0.1) is 7.11 Å². The normalized spacial score (nSPS) is 18.3. The van der Waals surface area contributed by atoms with Crippen LogP contribution in [0.15, 0.2) is 24.3 Å². The van der Waals surface area contributed by atoms with Crippen LogP contribution in [-0.4, -0.2) is 72.2 Å². The lowest BCUT2D eigenvalue weighted by molar-refractivity contribution is -0.143. The number of carbonyl (C=O) groups is 1. The van der Waals surface area contributed by atoms with Crippen molar-refractivity contribution < 1.29 is 19.0 Å². The Morgan fingerprint density at radius 1 is 1.28 bits per heavy atom. The highest BCUT2D eigenvalue weighted by molar-refractivity contribution is 5.77. The first-order valence-electron chi connectivity index (χ1n) is 14.5. The van der Waals surface area contributed by atoms with E-state index in [1.807, 2.05) is 11.0 Å². The first-order chi connectivity index (χ1) is 18.8. The third-order valence-electron chi connectivity index (χ3n) is 8.09. The molecule has 0 bridgehead atoms. The Bertz CT molecular complexity index is 1130. The summed E-state index contributed by atoms with van der Waals surface area (Å²) < 4.78 is 20.3. The van der Waals surface area contributed by atoms with Gasteiger partial charge in [-0.05, 0) is 93.8 Å². The number of unbranched alkanes of at least 4 members (excludes halogenated alkanes) is 2. The number of methoxy groups -OCH3 is 1. The van der Waals surface area contributed by atoms with Crippen molar-refractivity contribution in [2.75, 3.05) is 45.7 Å². The van der Waals surface area contributed by atoms with Crippen LogP contribution >= 0.6 is 0 Å². The number of halogens is 1. The first-order valence-corrected chi connectivity index (χ1v) is 14.5. The fourth-order valence-corrected chi connectivity index (χ4v) is 6.06. The highest BCUT2D eigenvalue weighted by Crippen LogP contribution is 2.36. The third kappa shape index (κ3) is 7.48. The van der Waals surface area contributed by atoms with Crippen molar-refractivity contribution in [1.82, 2.24) is 14.8 Å². The molecule has 0 aliphatic carbocycles. The van der Waals surface area contributed by atoms with Crippen LogP contribution in [-0.2, 0) is 24.1 Å². The van der Waals surface area contributed by atoms with Crippen LogP contribution in [0.2, 0.25) is 0 Å². The van der Waals surface area contributed by atoms with Gasteiger partial charge in [-0.2, -0.15) is 0 Å². The Balaban J connectivity index is 1.30. The van der Waals surface area contributed by atoms with Gasteiger partial charge < -0.3 is 20.1 Å². The Morgan fingerprint density at radius 3 is 2.85 bits per heavy atom. The zero-order chi connectivity index (χ0) is 27.9. The van der Waals surface area contributed by atoms with E-state index in [2.05, 4.69) is 43.2 Å². The minimum Gasteiger partial charge on any atom is -0.493 e. The molecule has 2 N–H and O–H groups in total. The summed E-state index contributed by atoms with van der Waals surface area (Å²) in [5, 5.41) is 13.6. The molecule has 0 unspecified atom stereocenters. The molecule has 0 spiro atoms. The van der Waals surface area contributed by atoms with Crippen LogP contribution in [0.4, 0.5) is 10.2 Å². The van der Waals surface area contributed by atoms with E-state index < -0.39 is 17.8 Å². The Morgan fingerprint density at radius 2 is 2.10 bits per heavy atom. The maximum Gasteiger partial charge on any atom is 0.325 e. The second kappa shape index (κ2) is 13.6. The molecule has 1 saturated heterocycles. The van der Waals surface area contributed by atoms with Gasteiger partial charge in [0.15, 0.2) is 11.6 Å². The van der Waals surface area contributed by atoms with E-state index in [1.54, 1.807) is 0 Å². The minimum atomic E-state index is -0.969. The number of carboxylic acid groups (broad SMARTS) is 1. The summed E-state index contributed by atoms with van der Waals surface area (Å²) in [6.07, 6.45) is 8.19. The molecule has 1 fully saturated rings. The number of aromatic nitrogens is 1. The van der Waals surface area contributed by atoms with Crippen molar-refractivity contribution >= 4 is 11.8 Å². The van der Waals surface area contributed by atoms with Gasteiger partial charge in [0.25, 0.3) is 0 Å². The molecule has 2 aromatic rings. The van der Waals surface area contributed by atoms with Crippen LogP contribution in [0.1, 0.15) is 74.4 Å². The number of pyridine rings is 1. The predicted molar refractivity (Wildman–Crippen MR) is 153 cm³/mol. The van der Waals surface area contributed by atoms with Crippen LogP contribution in [0.25, 0.3) is 0 Å². The van der Waals surface area contributed by atoms with E-state index in [0.717, 1.165) is 68.7 Å². The fourth-order valence-electron chi connectivity index (χ4n) is 6.06. The van der Waals surface area contributed by atoms with Crippen LogP contribution in [0.3, 0.4) is 0 Å². The molecule has 2 aliphatic rings. The number of ether oxygens (including phenoxy) is 1. The van der Waals surface area contributed by atoms with E-state index in [1.165, 1.54) is 25.2 Å². The van der Waals surface area contributed by atoms with Gasteiger partial charge in [-0.3, -0.25) is 9.69 Å². The van der Waals surface area contributed by atoms with E-state index >= 15 is 0 Å². The molecular weight excluding hydrogens is 495 g/mol. The van der Waals surface area contributed by atoms with E-state index in [0.29, 0.717) is 31.0 Å². The molecule has 39 heavy (non-hydrogen) atoms. The third-order valence-corrected chi connectivity index (χ3v) is 8.09. The van der Waals surface area contributed by atoms with Crippen LogP contribution in [0, 0.1) is 11.7 Å². The average Bonchev–Trinajstić information content (AvgIpc) is 3.37. The topological polar surface area (TPSA) is 77.9 Å². The number of likely N-dealkylation sites (N-methyl/N-ethyl adjacent to an activating group) is 1. The molecule has 2 aliphatic heterocycles. The van der Waals surface area contributed by atoms with Gasteiger partial charge in [0.1, 0.15) is 11.9 Å². The molecule has 0 radical (unpaired) electrons. The molecular formula is C31H45FN4O3. The average molecular weight is 541 g/mol. The summed E-state index contributed by atoms with van der Waals surface area (Å²) in [5.74, 6) is -0.0211. The highest BCUT2D eigenvalue weighted by Gasteiger charge is 2.37. The van der Waals surface area contributed by atoms with Crippen molar-refractivity contribution in [3.8, 4) is 5.75 Å². The molecule has 214 valence electrons. The number of hydrogen-bond donors (Lipinski definition) is 2. The van der Waals surface area contributed by atoms with Crippen molar-refractivity contribution in [1.29, 1.82) is 0 Å². The zero-order valence-corrected chi connectivity index (χ0v) is 24.0. The van der Waals surface area contributed by atoms with Crippen molar-refractivity contribution in [2.45, 2.75) is 77.3 Å². The van der Waals surface area contributed by atoms with Crippen molar-refractivity contribution in [3.05, 3.63) is 52.5 Å². The Kier molecular flexibility index (Phi) is 10.2. The van der Waals surface area contributed by atoms with Crippen molar-refractivity contribution in [2.24, 2.45) is 5.92 Å². The lowest BCUT2D eigenvalue weighted by Gasteiger charge is -2.29. The first kappa shape index (κ1) is 29.3. The van der Waals surface area contributed by atoms with E-state index in [-0.39, 0.29) is 11.8 Å². The predicted octanol–water partition coefficient (Wildman–Crippen LogP) is 5.33. The molecule has 0 saturated carbocycles. The summed E-state index contributed by atoms with van der Waals surface area (Å²) in [5.41, 5.74) is 3.70. The second-order valence-electron chi connectivity index (χ2n) is 11.6. The smallest absolute Gasteiger partial charge is 0.325 e. The number of rotatable bonds is 13. The number of aryl methyl sites for hydroxylation is 2. The van der Waals surface area contributed by atoms with Gasteiger partial charge in [-0.1, -0.05) is 26.3 Å². The fraction of sp³-hybridized carbons (Fsp3) is 0.613. The van der Waals surface area contributed by atoms with Crippen LogP contribution < -0.4 is 10.1 Å². The summed E-state index contributed by atoms with van der Waals surface area (Å²) >= 11 is 0. The number of likely N-dealkylation sites (tertiary alicyclic amines) is 1. The number of carboxylic acids is 1. The standard InChI is InChI=1S/C31H45FN4O3/c1-21(2)17-22-18-26(29(39-4)27(32)19-22)28(31(37)38)36-16-13-25(20-36)35(3)15-7-5-6-10-24-12-11-23-9-8-14-33-30(23)34-24/h11-12,18-19,21,25,28H,5-10,13-17,20H2,1-4H3,(H,33,34)(H,37,38)/t25-,28+/m1/s1. The highest BCUT2D eigenvalue weighted by atomic mass is 19.1. The summed E-state index contributed by atoms with van der Waals surface area (Å²) in [7, 11) is 3.53. The van der Waals surface area contributed by atoms with Gasteiger partial charge in [0, 0.05) is 36.9 Å². The lowest BCUT2D eigenvalue weighted by Crippen LogP contribution is -2.38. The van der Waals surface area contributed by atoms with E-state index in [9.17, 15) is 14.3 Å². The lowest BCUT2D eigenvalue weighted by atomic mass is 9.96. The summed E-state index contributed by atoms with van der Waals surface area (Å²) in [6, 6.07) is 7.03. The molecule has 0 amide bonds. The number of nitrogens with one attached hydrogen (secondary N) is 1. The summed E-state index contributed by atoms with van der Waals surface area (Å²) in [4.78, 5) is 21.6. The minimum absolute atomic E-state index is 0.0379. The molecule has 1 aromatic carbocycles. The Hall–Kier alpha value is -2.71. The number of nitrogens with zero attached hydrogens (tertiary/aromatic N) is 3. The molecule has 4 rings (SSSR count). The number of aliphatic carboxylic acids is 1. The second-order valence-corrected chi connectivity index (χ2v) is 11.6. The van der Waals surface area contributed by atoms with E-state index in [4.69, 9.17) is 9.72 Å². The number of benzene rings is 1. The quantitative estimate of drug-likeness (QED) is 0.333. The maximum absolute atomic E-state index is 14.9. The van der Waals surface area contributed by atoms with Crippen molar-refractivity contribution in [3.63, 3.8) is 0 Å². The molecule has 8 heteroatoms. The molecule has 2 atom stereocenters. The largest absolute Gasteiger partial charge is 0.493 e. The number of hydrogen-bond acceptors (Lipinski definition) is 6. The van der Waals surface area contributed by atoms with Gasteiger partial charge in [-0.25, -0.2) is 9.37 Å². The maximum atomic E-state index is 14.9. The summed E-state index contributed by atoms with van der Waals surface area (Å²) in [6.45, 7) is 7.41. The Labute approximate surface area is 232 Å². The van der Waals surface area contributed by atoms with Gasteiger partial charge in [0.2, 0.25) is 0 Å². The molecule has 1 aromatic heterocycles. The molecule has 7 nitrogen and oxygen atoms in total. The molecule has 3 heterocycles. The van der Waals surface area contributed by atoms with Gasteiger partial charge >= 0.3 is 5.97 Å². The number of anilines is 1. The SMILES string of the molecule is COc1c(F)cc(CC(C)C)cc1[C@@H](C(=O)O)N1CC[C@@H](N(C)CCCCCc2ccc3c(n2)NCCC3)C1. The monoisotopic (exact) mass is 540 g/mol. The zero-order valence-electron chi connectivity index (χ0n) is 24.0. The number of fused-ring (bicyclic) bond motifs is 1.